The number of nitrogens with one attached hydrogen (secondary N) is 1. The summed E-state index contributed by atoms with van der Waals surface area (Å²) in [5.74, 6) is -4.76. The lowest BCUT2D eigenvalue weighted by Gasteiger charge is -2.27. The van der Waals surface area contributed by atoms with Gasteiger partial charge in [0.05, 0.1) is 6.61 Å². The van der Waals surface area contributed by atoms with E-state index < -0.39 is 35.4 Å². The van der Waals surface area contributed by atoms with Crippen molar-refractivity contribution in [2.75, 3.05) is 6.61 Å². The minimum Gasteiger partial charge on any atom is -0.493 e. The van der Waals surface area contributed by atoms with E-state index in [1.165, 1.54) is 43.5 Å². The zero-order chi connectivity index (χ0) is 34.3. The monoisotopic (exact) mass is 659 g/mol. The summed E-state index contributed by atoms with van der Waals surface area (Å²) in [7, 11) is 0. The first-order valence-electron chi connectivity index (χ1n) is 17.1. The van der Waals surface area contributed by atoms with Crippen LogP contribution in [0.15, 0.2) is 77.8 Å². The van der Waals surface area contributed by atoms with Gasteiger partial charge in [-0.05, 0) is 79.7 Å². The zero-order valence-corrected chi connectivity index (χ0v) is 27.8. The third kappa shape index (κ3) is 9.14. The lowest BCUT2D eigenvalue weighted by Crippen LogP contribution is -2.52. The minimum atomic E-state index is -3.85. The predicted octanol–water partition coefficient (Wildman–Crippen LogP) is 7.44. The summed E-state index contributed by atoms with van der Waals surface area (Å²) in [4.78, 5) is 31.0. The van der Waals surface area contributed by atoms with Crippen LogP contribution in [0.3, 0.4) is 0 Å². The largest absolute Gasteiger partial charge is 0.493 e. The molecule has 9 heteroatoms. The Morgan fingerprint density at radius 3 is 2.23 bits per heavy atom. The molecule has 2 aliphatic carbocycles. The van der Waals surface area contributed by atoms with Crippen molar-refractivity contribution < 1.29 is 28.2 Å². The predicted molar refractivity (Wildman–Crippen MR) is 184 cm³/mol. The third-order valence-corrected chi connectivity index (χ3v) is 9.60. The summed E-state index contributed by atoms with van der Waals surface area (Å²) >= 11 is 0. The fourth-order valence-corrected chi connectivity index (χ4v) is 6.65. The van der Waals surface area contributed by atoms with E-state index in [1.807, 2.05) is 31.2 Å². The molecule has 3 aromatic carbocycles. The van der Waals surface area contributed by atoms with Crippen molar-refractivity contribution in [3.8, 4) is 16.9 Å². The van der Waals surface area contributed by atoms with Gasteiger partial charge in [0, 0.05) is 23.7 Å². The number of nitrogens with zero attached hydrogens (tertiary/aromatic N) is 1. The van der Waals surface area contributed by atoms with Gasteiger partial charge in [-0.1, -0.05) is 92.4 Å². The van der Waals surface area contributed by atoms with Crippen molar-refractivity contribution in [3.05, 3.63) is 89.5 Å². The van der Waals surface area contributed by atoms with Crippen LogP contribution in [0.5, 0.6) is 5.75 Å². The van der Waals surface area contributed by atoms with Crippen molar-refractivity contribution in [1.82, 2.24) is 5.32 Å². The van der Waals surface area contributed by atoms with Crippen molar-refractivity contribution in [2.45, 2.75) is 95.7 Å². The molecule has 4 atom stereocenters. The summed E-state index contributed by atoms with van der Waals surface area (Å²) in [6.07, 6.45) is 6.37. The van der Waals surface area contributed by atoms with Crippen molar-refractivity contribution >= 4 is 17.5 Å². The molecule has 2 saturated carbocycles. The lowest BCUT2D eigenvalue weighted by molar-refractivity contribution is -0.142. The molecule has 2 fully saturated rings. The first-order chi connectivity index (χ1) is 23.0. The first-order valence-corrected chi connectivity index (χ1v) is 17.1. The van der Waals surface area contributed by atoms with Crippen LogP contribution >= 0.6 is 0 Å². The molecular formula is C39H47F2N3O4. The van der Waals surface area contributed by atoms with Crippen LogP contribution < -0.4 is 15.8 Å². The van der Waals surface area contributed by atoms with Gasteiger partial charge in [-0.3, -0.25) is 9.59 Å². The smallest absolute Gasteiger partial charge is 0.302 e. The molecule has 0 spiro atoms. The number of benzene rings is 3. The van der Waals surface area contributed by atoms with Gasteiger partial charge in [-0.2, -0.15) is 8.78 Å². The summed E-state index contributed by atoms with van der Waals surface area (Å²) in [5.41, 5.74) is 9.03. The van der Waals surface area contributed by atoms with Crippen LogP contribution in [0.25, 0.3) is 11.1 Å². The SMILES string of the molecule is Cc1ccc(-c2ccc(C(F)(F)C(NC(=O)C(O)c3ccc(OCC4CCCCC4)cc3)C(=O)N=C3CCC(C)CC(N)C3)cc2)cc1. The number of alkyl halides is 2. The Bertz CT molecular complexity index is 1550. The van der Waals surface area contributed by atoms with E-state index in [9.17, 15) is 14.7 Å². The molecular weight excluding hydrogens is 612 g/mol. The number of aliphatic hydroxyl groups excluding tert-OH is 1. The maximum absolute atomic E-state index is 16.3. The van der Waals surface area contributed by atoms with Gasteiger partial charge >= 0.3 is 5.92 Å². The molecule has 0 bridgehead atoms. The molecule has 3 aromatic rings. The molecule has 7 nitrogen and oxygen atoms in total. The second-order valence-electron chi connectivity index (χ2n) is 13.7. The fourth-order valence-electron chi connectivity index (χ4n) is 6.65. The fraction of sp³-hybridized carbons (Fsp3) is 0.462. The molecule has 0 aliphatic heterocycles. The Hall–Kier alpha value is -3.95. The molecule has 2 amide bonds. The van der Waals surface area contributed by atoms with Crippen molar-refractivity contribution in [1.29, 1.82) is 0 Å². The van der Waals surface area contributed by atoms with Crippen LogP contribution in [-0.4, -0.2) is 41.3 Å². The number of aliphatic hydroxyl groups is 1. The number of rotatable bonds is 10. The number of halogens is 2. The van der Waals surface area contributed by atoms with E-state index in [0.29, 0.717) is 42.7 Å². The van der Waals surface area contributed by atoms with Gasteiger partial charge in [0.1, 0.15) is 5.75 Å². The van der Waals surface area contributed by atoms with Gasteiger partial charge < -0.3 is 20.9 Å². The second-order valence-corrected chi connectivity index (χ2v) is 13.7. The Morgan fingerprint density at radius 1 is 0.958 bits per heavy atom. The summed E-state index contributed by atoms with van der Waals surface area (Å²) in [6.45, 7) is 4.61. The van der Waals surface area contributed by atoms with Crippen LogP contribution in [0.4, 0.5) is 8.78 Å². The van der Waals surface area contributed by atoms with E-state index in [1.54, 1.807) is 24.3 Å². The Balaban J connectivity index is 1.35. The molecule has 256 valence electrons. The molecule has 5 rings (SSSR count). The van der Waals surface area contributed by atoms with Crippen LogP contribution in [-0.2, 0) is 15.5 Å². The van der Waals surface area contributed by atoms with Crippen LogP contribution in [0.2, 0.25) is 0 Å². The van der Waals surface area contributed by atoms with Gasteiger partial charge in [0.2, 0.25) is 0 Å². The number of carbonyl (C=O) groups excluding carboxylic acids is 2. The number of hydrogen-bond acceptors (Lipinski definition) is 5. The second kappa shape index (κ2) is 16.0. The normalized spacial score (nSPS) is 21.2. The van der Waals surface area contributed by atoms with E-state index in [4.69, 9.17) is 10.5 Å². The van der Waals surface area contributed by atoms with Crippen molar-refractivity contribution in [2.24, 2.45) is 22.6 Å². The highest BCUT2D eigenvalue weighted by atomic mass is 19.3. The van der Waals surface area contributed by atoms with Gasteiger partial charge in [-0.25, -0.2) is 4.99 Å². The van der Waals surface area contributed by atoms with Gasteiger partial charge in [0.15, 0.2) is 12.1 Å². The molecule has 48 heavy (non-hydrogen) atoms. The number of hydrogen-bond donors (Lipinski definition) is 3. The summed E-state index contributed by atoms with van der Waals surface area (Å²) in [5, 5.41) is 13.1. The number of nitrogens with two attached hydrogens (primary N) is 1. The molecule has 0 heterocycles. The molecule has 0 saturated heterocycles. The highest BCUT2D eigenvalue weighted by Crippen LogP contribution is 2.35. The molecule has 2 aliphatic rings. The third-order valence-electron chi connectivity index (χ3n) is 9.60. The molecule has 0 radical (unpaired) electrons. The summed E-state index contributed by atoms with van der Waals surface area (Å²) < 4.78 is 38.6. The standard InChI is InChI=1S/C39H47F2N3O4/c1-25-8-11-28(12-9-25)29-13-17-31(18-14-29)39(40,41)36(38(47)43-33-19-10-26(2)22-32(42)23-33)44-37(46)35(45)30-15-20-34(21-16-30)48-24-27-6-4-3-5-7-27/h8-9,11-18,20-21,26-27,32,35-36,45H,3-7,10,19,22-24,42H2,1-2H3,(H,44,46). The van der Waals surface area contributed by atoms with E-state index >= 15 is 8.78 Å². The van der Waals surface area contributed by atoms with Gasteiger partial charge in [0.25, 0.3) is 11.8 Å². The van der Waals surface area contributed by atoms with E-state index in [2.05, 4.69) is 17.2 Å². The quantitative estimate of drug-likeness (QED) is 0.196. The molecule has 4 N–H and O–H groups in total. The van der Waals surface area contributed by atoms with Crippen LogP contribution in [0, 0.1) is 18.8 Å². The first kappa shape index (κ1) is 35.4. The number of aliphatic imine (C=N–C) groups is 1. The Kier molecular flexibility index (Phi) is 11.8. The van der Waals surface area contributed by atoms with Gasteiger partial charge in [-0.15, -0.1) is 0 Å². The van der Waals surface area contributed by atoms with Crippen molar-refractivity contribution in [3.63, 3.8) is 0 Å². The Morgan fingerprint density at radius 2 is 1.58 bits per heavy atom. The number of amides is 2. The average Bonchev–Trinajstić information content (AvgIpc) is 3.25. The summed E-state index contributed by atoms with van der Waals surface area (Å²) in [6, 6.07) is 17.0. The number of aryl methyl sites for hydroxylation is 1. The number of carbonyl (C=O) groups is 2. The highest BCUT2D eigenvalue weighted by molar-refractivity contribution is 6.00. The Labute approximate surface area is 282 Å². The van der Waals surface area contributed by atoms with Crippen LogP contribution in [0.1, 0.15) is 87.5 Å². The zero-order valence-electron chi connectivity index (χ0n) is 27.8. The maximum atomic E-state index is 16.3. The average molecular weight is 660 g/mol. The van der Waals surface area contributed by atoms with E-state index in [-0.39, 0.29) is 11.6 Å². The van der Waals surface area contributed by atoms with E-state index in [0.717, 1.165) is 42.4 Å². The number of ether oxygens (including phenoxy) is 1. The molecule has 0 aromatic heterocycles. The topological polar surface area (TPSA) is 114 Å². The minimum absolute atomic E-state index is 0.185. The lowest BCUT2D eigenvalue weighted by atomic mass is 9.90. The maximum Gasteiger partial charge on any atom is 0.302 e. The molecule has 4 unspecified atom stereocenters. The highest BCUT2D eigenvalue weighted by Gasteiger charge is 2.48.